The van der Waals surface area contributed by atoms with Crippen molar-refractivity contribution >= 4 is 27.9 Å². The van der Waals surface area contributed by atoms with Gasteiger partial charge in [0.15, 0.2) is 6.61 Å². The standard InChI is InChI=1S/C12H12BrFO4/c1-7(2)18-11(15)6-17-12(16)9-5-8(14)3-4-10(9)13/h3-5,7H,6H2,1-2H3. The van der Waals surface area contributed by atoms with Crippen LogP contribution in [0.25, 0.3) is 0 Å². The predicted molar refractivity (Wildman–Crippen MR) is 65.6 cm³/mol. The van der Waals surface area contributed by atoms with Gasteiger partial charge in [-0.1, -0.05) is 0 Å². The minimum atomic E-state index is -0.790. The molecule has 0 saturated carbocycles. The monoisotopic (exact) mass is 318 g/mol. The topological polar surface area (TPSA) is 52.6 Å². The minimum absolute atomic E-state index is 0.0207. The summed E-state index contributed by atoms with van der Waals surface area (Å²) in [5.74, 6) is -2.00. The average Bonchev–Trinajstić information content (AvgIpc) is 2.28. The van der Waals surface area contributed by atoms with Crippen LogP contribution in [0.2, 0.25) is 0 Å². The van der Waals surface area contributed by atoms with E-state index in [0.717, 1.165) is 6.07 Å². The lowest BCUT2D eigenvalue weighted by atomic mass is 10.2. The molecule has 0 saturated heterocycles. The molecule has 0 fully saturated rings. The second kappa shape index (κ2) is 6.49. The SMILES string of the molecule is CC(C)OC(=O)COC(=O)c1cc(F)ccc1Br. The highest BCUT2D eigenvalue weighted by Gasteiger charge is 2.15. The Balaban J connectivity index is 2.60. The molecule has 0 aliphatic carbocycles. The van der Waals surface area contributed by atoms with Crippen molar-refractivity contribution in [1.82, 2.24) is 0 Å². The van der Waals surface area contributed by atoms with Crippen LogP contribution >= 0.6 is 15.9 Å². The van der Waals surface area contributed by atoms with Crippen LogP contribution in [0.1, 0.15) is 24.2 Å². The molecule has 0 N–H and O–H groups in total. The summed E-state index contributed by atoms with van der Waals surface area (Å²) in [5, 5.41) is 0. The molecule has 0 atom stereocenters. The van der Waals surface area contributed by atoms with E-state index in [0.29, 0.717) is 4.47 Å². The van der Waals surface area contributed by atoms with Crippen molar-refractivity contribution in [1.29, 1.82) is 0 Å². The number of carbonyl (C=O) groups is 2. The molecule has 6 heteroatoms. The first-order valence-corrected chi connectivity index (χ1v) is 6.01. The Morgan fingerprint density at radius 2 is 2.06 bits per heavy atom. The highest BCUT2D eigenvalue weighted by Crippen LogP contribution is 2.18. The largest absolute Gasteiger partial charge is 0.460 e. The number of carbonyl (C=O) groups excluding carboxylic acids is 2. The molecule has 18 heavy (non-hydrogen) atoms. The van der Waals surface area contributed by atoms with E-state index >= 15 is 0 Å². The lowest BCUT2D eigenvalue weighted by Crippen LogP contribution is -2.19. The fraction of sp³-hybridized carbons (Fsp3) is 0.333. The van der Waals surface area contributed by atoms with E-state index in [4.69, 9.17) is 9.47 Å². The lowest BCUT2D eigenvalue weighted by Gasteiger charge is -2.09. The van der Waals surface area contributed by atoms with Crippen LogP contribution < -0.4 is 0 Å². The van der Waals surface area contributed by atoms with E-state index in [2.05, 4.69) is 15.9 Å². The zero-order chi connectivity index (χ0) is 13.7. The molecule has 98 valence electrons. The number of hydrogen-bond donors (Lipinski definition) is 0. The molecule has 0 amide bonds. The molecule has 0 aliphatic heterocycles. The van der Waals surface area contributed by atoms with Gasteiger partial charge in [0, 0.05) is 4.47 Å². The van der Waals surface area contributed by atoms with Crippen LogP contribution in [0.3, 0.4) is 0 Å². The summed E-state index contributed by atoms with van der Waals surface area (Å²) in [6, 6.07) is 3.62. The normalized spacial score (nSPS) is 10.3. The Hall–Kier alpha value is -1.43. The van der Waals surface area contributed by atoms with Gasteiger partial charge in [-0.05, 0) is 48.0 Å². The van der Waals surface area contributed by atoms with Gasteiger partial charge in [-0.3, -0.25) is 0 Å². The fourth-order valence-electron chi connectivity index (χ4n) is 1.15. The molecule has 4 nitrogen and oxygen atoms in total. The van der Waals surface area contributed by atoms with Crippen LogP contribution in [-0.2, 0) is 14.3 Å². The molecule has 0 aromatic heterocycles. The first-order chi connectivity index (χ1) is 8.40. The van der Waals surface area contributed by atoms with E-state index in [-0.39, 0.29) is 11.7 Å². The van der Waals surface area contributed by atoms with Crippen LogP contribution in [0, 0.1) is 5.82 Å². The Labute approximate surface area is 112 Å². The minimum Gasteiger partial charge on any atom is -0.460 e. The van der Waals surface area contributed by atoms with Gasteiger partial charge >= 0.3 is 11.9 Å². The zero-order valence-electron chi connectivity index (χ0n) is 9.91. The summed E-state index contributed by atoms with van der Waals surface area (Å²) in [5.41, 5.74) is 0.0207. The van der Waals surface area contributed by atoms with E-state index in [9.17, 15) is 14.0 Å². The van der Waals surface area contributed by atoms with Crippen LogP contribution in [0.15, 0.2) is 22.7 Å². The van der Waals surface area contributed by atoms with Gasteiger partial charge in [-0.15, -0.1) is 0 Å². The Bertz CT molecular complexity index is 459. The first kappa shape index (κ1) is 14.6. The van der Waals surface area contributed by atoms with Gasteiger partial charge in [0.05, 0.1) is 11.7 Å². The molecule has 1 rings (SSSR count). The van der Waals surface area contributed by atoms with Gasteiger partial charge < -0.3 is 9.47 Å². The summed E-state index contributed by atoms with van der Waals surface area (Å²) in [4.78, 5) is 22.7. The maximum atomic E-state index is 13.0. The van der Waals surface area contributed by atoms with Gasteiger partial charge in [0.25, 0.3) is 0 Å². The molecule has 0 unspecified atom stereocenters. The summed E-state index contributed by atoms with van der Waals surface area (Å²) >= 11 is 3.09. The highest BCUT2D eigenvalue weighted by molar-refractivity contribution is 9.10. The van der Waals surface area contributed by atoms with Gasteiger partial charge in [0.2, 0.25) is 0 Å². The van der Waals surface area contributed by atoms with Crippen molar-refractivity contribution in [3.63, 3.8) is 0 Å². The van der Waals surface area contributed by atoms with E-state index in [1.54, 1.807) is 13.8 Å². The first-order valence-electron chi connectivity index (χ1n) is 5.22. The number of rotatable bonds is 4. The van der Waals surface area contributed by atoms with E-state index in [1.165, 1.54) is 12.1 Å². The van der Waals surface area contributed by atoms with Crippen LogP contribution in [0.5, 0.6) is 0 Å². The Kier molecular flexibility index (Phi) is 5.27. The number of halogens is 2. The predicted octanol–water partition coefficient (Wildman–Crippen LogP) is 2.70. The number of hydrogen-bond acceptors (Lipinski definition) is 4. The van der Waals surface area contributed by atoms with E-state index in [1.807, 2.05) is 0 Å². The molecule has 0 spiro atoms. The molecule has 0 heterocycles. The fourth-order valence-corrected chi connectivity index (χ4v) is 1.56. The average molecular weight is 319 g/mol. The summed E-state index contributed by atoms with van der Waals surface area (Å²) in [7, 11) is 0. The molecule has 0 aliphatic rings. The van der Waals surface area contributed by atoms with Crippen molar-refractivity contribution < 1.29 is 23.5 Å². The Morgan fingerprint density at radius 3 is 2.67 bits per heavy atom. The maximum Gasteiger partial charge on any atom is 0.344 e. The van der Waals surface area contributed by atoms with Crippen LogP contribution in [-0.4, -0.2) is 24.6 Å². The Morgan fingerprint density at radius 1 is 1.39 bits per heavy atom. The second-order valence-corrected chi connectivity index (χ2v) is 4.59. The number of ether oxygens (including phenoxy) is 2. The van der Waals surface area contributed by atoms with Crippen molar-refractivity contribution in [2.24, 2.45) is 0 Å². The molecule has 0 radical (unpaired) electrons. The van der Waals surface area contributed by atoms with E-state index < -0.39 is 24.4 Å². The van der Waals surface area contributed by atoms with Gasteiger partial charge in [-0.2, -0.15) is 0 Å². The lowest BCUT2D eigenvalue weighted by molar-refractivity contribution is -0.150. The molecule has 1 aromatic carbocycles. The molecule has 0 bridgehead atoms. The smallest absolute Gasteiger partial charge is 0.344 e. The third kappa shape index (κ3) is 4.44. The summed E-state index contributed by atoms with van der Waals surface area (Å²) < 4.78 is 22.9. The van der Waals surface area contributed by atoms with Crippen molar-refractivity contribution in [3.8, 4) is 0 Å². The van der Waals surface area contributed by atoms with Crippen LogP contribution in [0.4, 0.5) is 4.39 Å². The third-order valence-electron chi connectivity index (χ3n) is 1.84. The van der Waals surface area contributed by atoms with Gasteiger partial charge in [-0.25, -0.2) is 14.0 Å². The summed E-state index contributed by atoms with van der Waals surface area (Å²) in [6.07, 6.45) is -0.280. The second-order valence-electron chi connectivity index (χ2n) is 3.74. The quantitative estimate of drug-likeness (QED) is 0.801. The number of benzene rings is 1. The van der Waals surface area contributed by atoms with Crippen molar-refractivity contribution in [2.45, 2.75) is 20.0 Å². The van der Waals surface area contributed by atoms with Crippen molar-refractivity contribution in [2.75, 3.05) is 6.61 Å². The molecular weight excluding hydrogens is 307 g/mol. The molecular formula is C12H12BrFO4. The third-order valence-corrected chi connectivity index (χ3v) is 2.53. The van der Waals surface area contributed by atoms with Gasteiger partial charge in [0.1, 0.15) is 5.82 Å². The van der Waals surface area contributed by atoms with Crippen molar-refractivity contribution in [3.05, 3.63) is 34.1 Å². The number of esters is 2. The highest BCUT2D eigenvalue weighted by atomic mass is 79.9. The molecule has 1 aromatic rings. The maximum absolute atomic E-state index is 13.0. The summed E-state index contributed by atoms with van der Waals surface area (Å²) in [6.45, 7) is 2.87. The zero-order valence-corrected chi connectivity index (χ0v) is 11.5.